The predicted molar refractivity (Wildman–Crippen MR) is 149 cm³/mol. The summed E-state index contributed by atoms with van der Waals surface area (Å²) in [6.07, 6.45) is 1.90. The summed E-state index contributed by atoms with van der Waals surface area (Å²) in [5, 5.41) is 7.15. The molecule has 1 aromatic carbocycles. The molecule has 2 heterocycles. The van der Waals surface area contributed by atoms with Crippen molar-refractivity contribution in [2.45, 2.75) is 38.4 Å². The molecule has 3 aromatic rings. The van der Waals surface area contributed by atoms with Gasteiger partial charge in [0.25, 0.3) is 5.91 Å². The van der Waals surface area contributed by atoms with E-state index >= 15 is 0 Å². The lowest BCUT2D eigenvalue weighted by molar-refractivity contribution is -0.117. The number of hydrogen-bond donors (Lipinski definition) is 3. The molecular formula is C25H34N6O3S2. The van der Waals surface area contributed by atoms with Crippen molar-refractivity contribution < 1.29 is 14.3 Å². The molecule has 0 aliphatic heterocycles. The van der Waals surface area contributed by atoms with Gasteiger partial charge in [-0.25, -0.2) is 9.97 Å². The average Bonchev–Trinajstić information content (AvgIpc) is 3.16. The minimum Gasteiger partial charge on any atom is -0.397 e. The van der Waals surface area contributed by atoms with E-state index in [1.165, 1.54) is 23.1 Å². The number of thioether (sulfide) groups is 1. The van der Waals surface area contributed by atoms with E-state index < -0.39 is 5.54 Å². The molecule has 11 heteroatoms. The number of fused-ring (bicyclic) bond motifs is 1. The number of nitrogens with zero attached hydrogens (tertiary/aromatic N) is 3. The molecule has 0 spiro atoms. The molecule has 2 aromatic heterocycles. The van der Waals surface area contributed by atoms with E-state index in [2.05, 4.69) is 15.6 Å². The summed E-state index contributed by atoms with van der Waals surface area (Å²) in [7, 11) is 1.65. The lowest BCUT2D eigenvalue weighted by atomic mass is 10.1. The fourth-order valence-electron chi connectivity index (χ4n) is 3.59. The van der Waals surface area contributed by atoms with E-state index in [0.717, 1.165) is 12.1 Å². The number of carbonyl (C=O) groups is 2. The van der Waals surface area contributed by atoms with Crippen LogP contribution in [0, 0.1) is 0 Å². The van der Waals surface area contributed by atoms with Crippen molar-refractivity contribution in [3.05, 3.63) is 29.1 Å². The lowest BCUT2D eigenvalue weighted by Gasteiger charge is -2.20. The molecule has 194 valence electrons. The second-order valence-corrected chi connectivity index (χ2v) is 11.1. The van der Waals surface area contributed by atoms with E-state index in [4.69, 9.17) is 15.5 Å². The lowest BCUT2D eigenvalue weighted by Crippen LogP contribution is -2.40. The molecule has 0 fully saturated rings. The van der Waals surface area contributed by atoms with Crippen molar-refractivity contribution in [2.75, 3.05) is 50.7 Å². The summed E-state index contributed by atoms with van der Waals surface area (Å²) in [6.45, 7) is 10.0. The SMILES string of the molecule is CCN(CCOC)CC(=O)Nc1cccc(-c2nc(SC)nc3sc(C(=O)NC(C)(C)C)c(N)c23)c1. The number of nitrogen functional groups attached to an aromatic ring is 1. The van der Waals surface area contributed by atoms with Crippen molar-refractivity contribution in [1.29, 1.82) is 0 Å². The molecule has 0 bridgehead atoms. The summed E-state index contributed by atoms with van der Waals surface area (Å²) in [4.78, 5) is 38.0. The summed E-state index contributed by atoms with van der Waals surface area (Å²) < 4.78 is 5.12. The number of nitrogens with two attached hydrogens (primary N) is 1. The smallest absolute Gasteiger partial charge is 0.263 e. The second-order valence-electron chi connectivity index (χ2n) is 9.28. The maximum atomic E-state index is 12.9. The quantitative estimate of drug-likeness (QED) is 0.265. The number of anilines is 2. The molecule has 36 heavy (non-hydrogen) atoms. The van der Waals surface area contributed by atoms with E-state index in [-0.39, 0.29) is 18.4 Å². The minimum absolute atomic E-state index is 0.112. The highest BCUT2D eigenvalue weighted by atomic mass is 32.2. The van der Waals surface area contributed by atoms with Crippen molar-refractivity contribution in [3.63, 3.8) is 0 Å². The van der Waals surface area contributed by atoms with Crippen LogP contribution >= 0.6 is 23.1 Å². The minimum atomic E-state index is -0.401. The summed E-state index contributed by atoms with van der Waals surface area (Å²) in [6, 6.07) is 7.46. The van der Waals surface area contributed by atoms with Crippen LogP contribution < -0.4 is 16.4 Å². The number of benzene rings is 1. The molecular weight excluding hydrogens is 496 g/mol. The molecule has 0 atom stereocenters. The molecule has 3 rings (SSSR count). The molecule has 0 aliphatic rings. The highest BCUT2D eigenvalue weighted by Gasteiger charge is 2.24. The first-order chi connectivity index (χ1) is 17.1. The van der Waals surface area contributed by atoms with Gasteiger partial charge in [-0.15, -0.1) is 11.3 Å². The number of methoxy groups -OCH3 is 1. The van der Waals surface area contributed by atoms with Crippen LogP contribution in [0.3, 0.4) is 0 Å². The van der Waals surface area contributed by atoms with E-state index in [1.807, 2.05) is 63.1 Å². The largest absolute Gasteiger partial charge is 0.397 e. The third-order valence-corrected chi connectivity index (χ3v) is 6.94. The molecule has 0 saturated heterocycles. The first-order valence-electron chi connectivity index (χ1n) is 11.6. The number of carbonyl (C=O) groups excluding carboxylic acids is 2. The Labute approximate surface area is 220 Å². The summed E-state index contributed by atoms with van der Waals surface area (Å²) in [5.41, 5.74) is 8.49. The highest BCUT2D eigenvalue weighted by Crippen LogP contribution is 2.40. The number of hydrogen-bond acceptors (Lipinski definition) is 9. The second kappa shape index (κ2) is 12.0. The van der Waals surface area contributed by atoms with Crippen LogP contribution in [0.25, 0.3) is 21.5 Å². The number of ether oxygens (including phenoxy) is 1. The summed E-state index contributed by atoms with van der Waals surface area (Å²) in [5.74, 6) is -0.353. The summed E-state index contributed by atoms with van der Waals surface area (Å²) >= 11 is 2.67. The van der Waals surface area contributed by atoms with Gasteiger partial charge in [-0.05, 0) is 45.7 Å². The van der Waals surface area contributed by atoms with Gasteiger partial charge in [0.2, 0.25) is 5.91 Å². The Bertz CT molecular complexity index is 1240. The molecule has 9 nitrogen and oxygen atoms in total. The maximum Gasteiger partial charge on any atom is 0.263 e. The fourth-order valence-corrected chi connectivity index (χ4v) is 5.00. The van der Waals surface area contributed by atoms with Crippen molar-refractivity contribution in [3.8, 4) is 11.3 Å². The zero-order valence-electron chi connectivity index (χ0n) is 21.6. The van der Waals surface area contributed by atoms with Gasteiger partial charge < -0.3 is 21.1 Å². The third kappa shape index (κ3) is 6.94. The number of aromatic nitrogens is 2. The van der Waals surface area contributed by atoms with Gasteiger partial charge >= 0.3 is 0 Å². The van der Waals surface area contributed by atoms with Gasteiger partial charge in [-0.2, -0.15) is 0 Å². The van der Waals surface area contributed by atoms with Crippen LogP contribution in [0.5, 0.6) is 0 Å². The Morgan fingerprint density at radius 1 is 1.25 bits per heavy atom. The standard InChI is InChI=1S/C25H34N6O3S2/c1-7-31(11-12-34-5)14-17(32)27-16-10-8-9-15(13-16)20-18-19(26)21(22(33)30-25(2,3)4)36-23(18)29-24(28-20)35-6/h8-10,13H,7,11-12,14,26H2,1-6H3,(H,27,32)(H,30,33). The number of rotatable bonds is 10. The molecule has 0 radical (unpaired) electrons. The van der Waals surface area contributed by atoms with E-state index in [9.17, 15) is 9.59 Å². The van der Waals surface area contributed by atoms with Crippen molar-refractivity contribution >= 4 is 56.5 Å². The molecule has 0 saturated carbocycles. The number of nitrogens with one attached hydrogen (secondary N) is 2. The number of thiophene rings is 1. The Morgan fingerprint density at radius 2 is 2.00 bits per heavy atom. The molecule has 0 aliphatic carbocycles. The van der Waals surface area contributed by atoms with Crippen molar-refractivity contribution in [2.24, 2.45) is 0 Å². The van der Waals surface area contributed by atoms with Crippen LogP contribution in [-0.2, 0) is 9.53 Å². The highest BCUT2D eigenvalue weighted by molar-refractivity contribution is 7.98. The van der Waals surface area contributed by atoms with Gasteiger partial charge in [0, 0.05) is 30.4 Å². The zero-order chi connectivity index (χ0) is 26.5. The molecule has 4 N–H and O–H groups in total. The van der Waals surface area contributed by atoms with Crippen LogP contribution in [0.1, 0.15) is 37.4 Å². The Balaban J connectivity index is 1.96. The Morgan fingerprint density at radius 3 is 2.64 bits per heavy atom. The first kappa shape index (κ1) is 27.9. The normalized spacial score (nSPS) is 11.8. The molecule has 0 unspecified atom stereocenters. The topological polar surface area (TPSA) is 122 Å². The zero-order valence-corrected chi connectivity index (χ0v) is 23.2. The monoisotopic (exact) mass is 530 g/mol. The van der Waals surface area contributed by atoms with Gasteiger partial charge in [-0.1, -0.05) is 30.8 Å². The van der Waals surface area contributed by atoms with E-state index in [0.29, 0.717) is 50.5 Å². The van der Waals surface area contributed by atoms with Gasteiger partial charge in [0.05, 0.1) is 29.9 Å². The van der Waals surface area contributed by atoms with Crippen LogP contribution in [0.4, 0.5) is 11.4 Å². The Kier molecular flexibility index (Phi) is 9.29. The van der Waals surface area contributed by atoms with Gasteiger partial charge in [-0.3, -0.25) is 14.5 Å². The average molecular weight is 531 g/mol. The third-order valence-electron chi connectivity index (χ3n) is 5.29. The van der Waals surface area contributed by atoms with Crippen LogP contribution in [0.2, 0.25) is 0 Å². The van der Waals surface area contributed by atoms with Gasteiger partial charge in [0.15, 0.2) is 5.16 Å². The molecule has 2 amide bonds. The van der Waals surface area contributed by atoms with Gasteiger partial charge in [0.1, 0.15) is 9.71 Å². The Hall–Kier alpha value is -2.73. The van der Waals surface area contributed by atoms with E-state index in [1.54, 1.807) is 7.11 Å². The number of likely N-dealkylation sites (N-methyl/N-ethyl adjacent to an activating group) is 1. The van der Waals surface area contributed by atoms with Crippen molar-refractivity contribution in [1.82, 2.24) is 20.2 Å². The predicted octanol–water partition coefficient (Wildman–Crippen LogP) is 4.10. The first-order valence-corrected chi connectivity index (χ1v) is 13.7. The maximum absolute atomic E-state index is 12.9. The fraction of sp³-hybridized carbons (Fsp3) is 0.440. The number of amides is 2. The van der Waals surface area contributed by atoms with Crippen LogP contribution in [0.15, 0.2) is 29.4 Å². The van der Waals surface area contributed by atoms with Crippen LogP contribution in [-0.4, -0.2) is 71.8 Å².